The Morgan fingerprint density at radius 3 is 1.82 bits per heavy atom. The van der Waals surface area contributed by atoms with Crippen molar-refractivity contribution in [2.75, 3.05) is 13.1 Å². The van der Waals surface area contributed by atoms with E-state index in [4.69, 9.17) is 0 Å². The molecule has 0 aliphatic carbocycles. The minimum atomic E-state index is -0.125. The van der Waals surface area contributed by atoms with Crippen LogP contribution in [0.1, 0.15) is 40.0 Å². The Morgan fingerprint density at radius 2 is 1.45 bits per heavy atom. The Morgan fingerprint density at radius 1 is 0.909 bits per heavy atom. The zero-order chi connectivity index (χ0) is 8.53. The third-order valence-electron chi connectivity index (χ3n) is 1.57. The molecule has 0 aliphatic rings. The summed E-state index contributed by atoms with van der Waals surface area (Å²) in [7, 11) is 0. The Balaban J connectivity index is 3.34. The van der Waals surface area contributed by atoms with Gasteiger partial charge >= 0.3 is 82.1 Å². The van der Waals surface area contributed by atoms with Crippen LogP contribution in [0.5, 0.6) is 0 Å². The predicted molar refractivity (Wildman–Crippen MR) is 53.0 cm³/mol. The van der Waals surface area contributed by atoms with Crippen LogP contribution in [-0.2, 0) is 0 Å². The summed E-state index contributed by atoms with van der Waals surface area (Å²) in [6, 6.07) is 0. The van der Waals surface area contributed by atoms with E-state index < -0.39 is 0 Å². The number of rotatable bonds is 7. The monoisotopic (exact) mass is 263 g/mol. The first kappa shape index (κ1) is 11.8. The van der Waals surface area contributed by atoms with Crippen LogP contribution in [0.2, 0.25) is 4.44 Å². The third-order valence-corrected chi connectivity index (χ3v) is 6.19. The average molecular weight is 262 g/mol. The van der Waals surface area contributed by atoms with Gasteiger partial charge in [0, 0.05) is 0 Å². The van der Waals surface area contributed by atoms with Crippen molar-refractivity contribution in [3.8, 4) is 0 Å². The summed E-state index contributed by atoms with van der Waals surface area (Å²) in [5.74, 6) is 0. The SMILES string of the molecule is CC[CH2][Sn][N](CCC)CCC. The molecule has 1 nitrogen and oxygen atoms in total. The zero-order valence-corrected chi connectivity index (χ0v) is 11.0. The number of nitrogens with zero attached hydrogens (tertiary/aromatic N) is 1. The molecule has 0 fully saturated rings. The van der Waals surface area contributed by atoms with Crippen LogP contribution in [0.25, 0.3) is 0 Å². The fourth-order valence-corrected chi connectivity index (χ4v) is 4.80. The fourth-order valence-electron chi connectivity index (χ4n) is 1.08. The van der Waals surface area contributed by atoms with E-state index >= 15 is 0 Å². The average Bonchev–Trinajstić information content (AvgIpc) is 2.01. The third kappa shape index (κ3) is 7.13. The van der Waals surface area contributed by atoms with E-state index in [0.29, 0.717) is 0 Å². The second-order valence-corrected chi connectivity index (χ2v) is 7.03. The number of hydrogen-bond donors (Lipinski definition) is 0. The first-order valence-electron chi connectivity index (χ1n) is 4.83. The molecule has 0 aromatic heterocycles. The molecule has 2 radical (unpaired) electrons. The van der Waals surface area contributed by atoms with E-state index in [9.17, 15) is 0 Å². The topological polar surface area (TPSA) is 3.24 Å². The van der Waals surface area contributed by atoms with E-state index in [2.05, 4.69) is 23.9 Å². The molecule has 0 bridgehead atoms. The summed E-state index contributed by atoms with van der Waals surface area (Å²) < 4.78 is 4.27. The summed E-state index contributed by atoms with van der Waals surface area (Å²) in [5.41, 5.74) is 0. The van der Waals surface area contributed by atoms with Crippen molar-refractivity contribution in [3.05, 3.63) is 0 Å². The van der Waals surface area contributed by atoms with Crippen molar-refractivity contribution in [3.63, 3.8) is 0 Å². The van der Waals surface area contributed by atoms with Crippen molar-refractivity contribution in [1.82, 2.24) is 3.12 Å². The van der Waals surface area contributed by atoms with Gasteiger partial charge in [0.2, 0.25) is 0 Å². The van der Waals surface area contributed by atoms with Gasteiger partial charge in [0.1, 0.15) is 0 Å². The second kappa shape index (κ2) is 8.85. The van der Waals surface area contributed by atoms with Gasteiger partial charge in [0.25, 0.3) is 0 Å². The van der Waals surface area contributed by atoms with Gasteiger partial charge in [-0.05, 0) is 0 Å². The minimum absolute atomic E-state index is 0.125. The predicted octanol–water partition coefficient (Wildman–Crippen LogP) is 2.56. The van der Waals surface area contributed by atoms with Gasteiger partial charge in [-0.1, -0.05) is 0 Å². The van der Waals surface area contributed by atoms with E-state index in [1.165, 1.54) is 36.8 Å². The molecule has 2 heteroatoms. The van der Waals surface area contributed by atoms with E-state index in [1.807, 2.05) is 0 Å². The molecule has 66 valence electrons. The Kier molecular flexibility index (Phi) is 9.46. The molecular weight excluding hydrogens is 241 g/mol. The van der Waals surface area contributed by atoms with Crippen molar-refractivity contribution in [2.24, 2.45) is 0 Å². The van der Waals surface area contributed by atoms with Crippen LogP contribution in [0, 0.1) is 0 Å². The van der Waals surface area contributed by atoms with Gasteiger partial charge in [-0.3, -0.25) is 0 Å². The second-order valence-electron chi connectivity index (χ2n) is 2.90. The van der Waals surface area contributed by atoms with Crippen molar-refractivity contribution in [2.45, 2.75) is 44.5 Å². The van der Waals surface area contributed by atoms with Crippen LogP contribution in [0.15, 0.2) is 0 Å². The standard InChI is InChI=1S/C6H14N.C3H7.Sn/c1-3-5-7-6-4-2;1-3-2;/h3-6H2,1-2H3;1,3H2,2H3;/q-1;;+1. The number of hydrogen-bond acceptors (Lipinski definition) is 1. The van der Waals surface area contributed by atoms with E-state index in [0.717, 1.165) is 0 Å². The molecule has 0 saturated carbocycles. The Hall–Kier alpha value is 0.759. The van der Waals surface area contributed by atoms with Crippen LogP contribution in [0.3, 0.4) is 0 Å². The van der Waals surface area contributed by atoms with Gasteiger partial charge in [-0.15, -0.1) is 0 Å². The van der Waals surface area contributed by atoms with Crippen molar-refractivity contribution < 1.29 is 0 Å². The molecule has 0 saturated heterocycles. The van der Waals surface area contributed by atoms with Gasteiger partial charge in [-0.25, -0.2) is 0 Å². The summed E-state index contributed by atoms with van der Waals surface area (Å²) in [5, 5.41) is 0. The molecule has 0 amide bonds. The first-order chi connectivity index (χ1) is 5.35. The fraction of sp³-hybridized carbons (Fsp3) is 1.00. The zero-order valence-electron chi connectivity index (χ0n) is 8.19. The van der Waals surface area contributed by atoms with E-state index in [1.54, 1.807) is 0 Å². The molecule has 0 N–H and O–H groups in total. The van der Waals surface area contributed by atoms with Crippen molar-refractivity contribution >= 4 is 21.4 Å². The molecule has 11 heavy (non-hydrogen) atoms. The summed E-state index contributed by atoms with van der Waals surface area (Å²) in [4.78, 5) is 0. The van der Waals surface area contributed by atoms with Crippen LogP contribution in [-0.4, -0.2) is 37.6 Å². The molecule has 0 aromatic rings. The molecule has 0 aromatic carbocycles. The quantitative estimate of drug-likeness (QED) is 0.637. The van der Waals surface area contributed by atoms with E-state index in [-0.39, 0.29) is 21.4 Å². The van der Waals surface area contributed by atoms with Crippen LogP contribution in [0.4, 0.5) is 0 Å². The normalized spacial score (nSPS) is 10.9. The maximum atomic E-state index is 2.74. The molecule has 0 spiro atoms. The van der Waals surface area contributed by atoms with Gasteiger partial charge < -0.3 is 0 Å². The summed E-state index contributed by atoms with van der Waals surface area (Å²) >= 11 is -0.125. The summed E-state index contributed by atoms with van der Waals surface area (Å²) in [6.07, 6.45) is 4.07. The molecule has 0 rings (SSSR count). The van der Waals surface area contributed by atoms with Crippen LogP contribution >= 0.6 is 0 Å². The molecule has 0 heterocycles. The molecule has 0 atom stereocenters. The van der Waals surface area contributed by atoms with Crippen LogP contribution < -0.4 is 0 Å². The van der Waals surface area contributed by atoms with Gasteiger partial charge in [0.15, 0.2) is 0 Å². The first-order valence-corrected chi connectivity index (χ1v) is 8.13. The van der Waals surface area contributed by atoms with Gasteiger partial charge in [0.05, 0.1) is 0 Å². The van der Waals surface area contributed by atoms with Crippen molar-refractivity contribution in [1.29, 1.82) is 0 Å². The Labute approximate surface area is 82.1 Å². The molecule has 0 aliphatic heterocycles. The molecule has 0 unspecified atom stereocenters. The summed E-state index contributed by atoms with van der Waals surface area (Å²) in [6.45, 7) is 9.60. The Bertz CT molecular complexity index is 70.0. The maximum absolute atomic E-state index is 2.74. The molecular formula is C9H21NSn. The van der Waals surface area contributed by atoms with Gasteiger partial charge in [-0.2, -0.15) is 0 Å².